The first-order valence-corrected chi connectivity index (χ1v) is 6.98. The fourth-order valence-electron chi connectivity index (χ4n) is 1.70. The zero-order valence-corrected chi connectivity index (χ0v) is 11.9. The van der Waals surface area contributed by atoms with Gasteiger partial charge in [-0.15, -0.1) is 10.2 Å². The van der Waals surface area contributed by atoms with Gasteiger partial charge in [0.05, 0.1) is 12.3 Å². The summed E-state index contributed by atoms with van der Waals surface area (Å²) >= 11 is 1.61. The molecule has 2 rings (SSSR count). The van der Waals surface area contributed by atoms with Gasteiger partial charge < -0.3 is 14.3 Å². The number of carbonyl (C=O) groups is 1. The van der Waals surface area contributed by atoms with Gasteiger partial charge in [-0.25, -0.2) is 0 Å². The predicted molar refractivity (Wildman–Crippen MR) is 72.0 cm³/mol. The average molecular weight is 280 g/mol. The van der Waals surface area contributed by atoms with Crippen LogP contribution in [0.4, 0.5) is 0 Å². The minimum atomic E-state index is -0.259. The summed E-state index contributed by atoms with van der Waals surface area (Å²) in [6.07, 6.45) is 1.47. The van der Waals surface area contributed by atoms with Gasteiger partial charge in [0, 0.05) is 7.05 Å². The highest BCUT2D eigenvalue weighted by atomic mass is 32.2. The largest absolute Gasteiger partial charge is 0.459 e. The molecule has 0 saturated carbocycles. The van der Waals surface area contributed by atoms with E-state index in [2.05, 4.69) is 22.4 Å². The second-order valence-corrected chi connectivity index (χ2v) is 5.24. The van der Waals surface area contributed by atoms with Crippen molar-refractivity contribution in [1.29, 1.82) is 0 Å². The van der Waals surface area contributed by atoms with E-state index in [-0.39, 0.29) is 17.7 Å². The van der Waals surface area contributed by atoms with Crippen molar-refractivity contribution in [3.8, 4) is 0 Å². The van der Waals surface area contributed by atoms with Crippen LogP contribution in [0.5, 0.6) is 0 Å². The van der Waals surface area contributed by atoms with Gasteiger partial charge in [0.15, 0.2) is 16.7 Å². The Bertz CT molecular complexity index is 550. The lowest BCUT2D eigenvalue weighted by atomic mass is 10.3. The monoisotopic (exact) mass is 280 g/mol. The molecule has 0 aromatic carbocycles. The smallest absolute Gasteiger partial charge is 0.287 e. The summed E-state index contributed by atoms with van der Waals surface area (Å²) in [5.41, 5.74) is 0. The molecule has 0 radical (unpaired) electrons. The maximum Gasteiger partial charge on any atom is 0.287 e. The molecule has 0 aliphatic rings. The Morgan fingerprint density at radius 3 is 3.00 bits per heavy atom. The minimum Gasteiger partial charge on any atom is -0.459 e. The van der Waals surface area contributed by atoms with Gasteiger partial charge in [0.1, 0.15) is 0 Å². The van der Waals surface area contributed by atoms with Crippen LogP contribution < -0.4 is 5.32 Å². The highest BCUT2D eigenvalue weighted by Gasteiger charge is 2.19. The van der Waals surface area contributed by atoms with Crippen molar-refractivity contribution in [3.63, 3.8) is 0 Å². The van der Waals surface area contributed by atoms with E-state index in [0.29, 0.717) is 0 Å². The third kappa shape index (κ3) is 2.98. The van der Waals surface area contributed by atoms with Gasteiger partial charge >= 0.3 is 0 Å². The first-order valence-electron chi connectivity index (χ1n) is 6.00. The molecule has 0 bridgehead atoms. The molecule has 0 saturated heterocycles. The van der Waals surface area contributed by atoms with Gasteiger partial charge in [0.2, 0.25) is 0 Å². The molecule has 2 aromatic heterocycles. The zero-order chi connectivity index (χ0) is 13.8. The third-order valence-electron chi connectivity index (χ3n) is 2.62. The molecule has 0 aliphatic carbocycles. The quantitative estimate of drug-likeness (QED) is 0.848. The van der Waals surface area contributed by atoms with Crippen molar-refractivity contribution >= 4 is 17.7 Å². The summed E-state index contributed by atoms with van der Waals surface area (Å²) in [7, 11) is 1.89. The molecule has 0 aliphatic heterocycles. The van der Waals surface area contributed by atoms with Crippen molar-refractivity contribution in [3.05, 3.63) is 30.0 Å². The van der Waals surface area contributed by atoms with Crippen LogP contribution in [0.15, 0.2) is 28.0 Å². The number of nitrogens with zero attached hydrogens (tertiary/aromatic N) is 3. The topological polar surface area (TPSA) is 73.0 Å². The SMILES string of the molecule is CCSc1nnc(C(C)NC(=O)c2ccco2)n1C. The Morgan fingerprint density at radius 1 is 1.58 bits per heavy atom. The maximum absolute atomic E-state index is 11.9. The summed E-state index contributed by atoms with van der Waals surface area (Å²) in [5.74, 6) is 1.68. The molecule has 1 amide bonds. The minimum absolute atomic E-state index is 0.235. The number of hydrogen-bond acceptors (Lipinski definition) is 5. The third-order valence-corrected chi connectivity index (χ3v) is 3.52. The lowest BCUT2D eigenvalue weighted by Gasteiger charge is -2.12. The summed E-state index contributed by atoms with van der Waals surface area (Å²) in [5, 5.41) is 11.9. The molecule has 1 atom stereocenters. The number of furan rings is 1. The van der Waals surface area contributed by atoms with E-state index in [4.69, 9.17) is 4.42 Å². The summed E-state index contributed by atoms with van der Waals surface area (Å²) in [6, 6.07) is 3.07. The Hall–Kier alpha value is -1.76. The average Bonchev–Trinajstić information content (AvgIpc) is 3.01. The molecule has 6 nitrogen and oxygen atoms in total. The standard InChI is InChI=1S/C12H16N4O2S/c1-4-19-12-15-14-10(16(12)3)8(2)13-11(17)9-6-5-7-18-9/h5-8H,4H2,1-3H3,(H,13,17). The molecule has 0 spiro atoms. The van der Waals surface area contributed by atoms with Gasteiger partial charge in [-0.3, -0.25) is 4.79 Å². The van der Waals surface area contributed by atoms with Gasteiger partial charge in [-0.05, 0) is 24.8 Å². The number of nitrogens with one attached hydrogen (secondary N) is 1. The van der Waals surface area contributed by atoms with Crippen LogP contribution in [-0.4, -0.2) is 26.4 Å². The van der Waals surface area contributed by atoms with Crippen LogP contribution in [0, 0.1) is 0 Å². The lowest BCUT2D eigenvalue weighted by Crippen LogP contribution is -2.28. The first kappa shape index (κ1) is 13.7. The van der Waals surface area contributed by atoms with E-state index >= 15 is 0 Å². The van der Waals surface area contributed by atoms with Gasteiger partial charge in [-0.1, -0.05) is 18.7 Å². The summed E-state index contributed by atoms with van der Waals surface area (Å²) in [6.45, 7) is 3.92. The molecule has 102 valence electrons. The molecular formula is C12H16N4O2S. The van der Waals surface area contributed by atoms with Crippen molar-refractivity contribution in [1.82, 2.24) is 20.1 Å². The highest BCUT2D eigenvalue weighted by molar-refractivity contribution is 7.99. The predicted octanol–water partition coefficient (Wildman–Crippen LogP) is 2.01. The van der Waals surface area contributed by atoms with Crippen molar-refractivity contribution in [2.75, 3.05) is 5.75 Å². The van der Waals surface area contributed by atoms with Crippen LogP contribution in [-0.2, 0) is 7.05 Å². The summed E-state index contributed by atoms with van der Waals surface area (Å²) < 4.78 is 6.94. The molecule has 1 unspecified atom stereocenters. The molecule has 7 heteroatoms. The summed E-state index contributed by atoms with van der Waals surface area (Å²) in [4.78, 5) is 11.9. The molecule has 1 N–H and O–H groups in total. The zero-order valence-electron chi connectivity index (χ0n) is 11.1. The number of aromatic nitrogens is 3. The molecule has 2 aromatic rings. The fraction of sp³-hybridized carbons (Fsp3) is 0.417. The van der Waals surface area contributed by atoms with E-state index in [1.165, 1.54) is 6.26 Å². The number of hydrogen-bond donors (Lipinski definition) is 1. The van der Waals surface area contributed by atoms with Crippen LogP contribution in [0.1, 0.15) is 36.3 Å². The van der Waals surface area contributed by atoms with Crippen LogP contribution in [0.25, 0.3) is 0 Å². The second-order valence-electron chi connectivity index (χ2n) is 4.01. The lowest BCUT2D eigenvalue weighted by molar-refractivity contribution is 0.0909. The normalized spacial score (nSPS) is 12.4. The van der Waals surface area contributed by atoms with Crippen LogP contribution in [0.3, 0.4) is 0 Å². The Balaban J connectivity index is 2.07. The van der Waals surface area contributed by atoms with Crippen molar-refractivity contribution < 1.29 is 9.21 Å². The van der Waals surface area contributed by atoms with Crippen LogP contribution in [0.2, 0.25) is 0 Å². The molecular weight excluding hydrogens is 264 g/mol. The fourth-order valence-corrected chi connectivity index (χ4v) is 2.34. The van der Waals surface area contributed by atoms with E-state index in [0.717, 1.165) is 16.7 Å². The highest BCUT2D eigenvalue weighted by Crippen LogP contribution is 2.18. The molecule has 0 fully saturated rings. The molecule has 2 heterocycles. The van der Waals surface area contributed by atoms with E-state index in [9.17, 15) is 4.79 Å². The Morgan fingerprint density at radius 2 is 2.37 bits per heavy atom. The van der Waals surface area contributed by atoms with E-state index in [1.54, 1.807) is 23.9 Å². The number of thioether (sulfide) groups is 1. The number of rotatable bonds is 5. The van der Waals surface area contributed by atoms with Crippen molar-refractivity contribution in [2.24, 2.45) is 7.05 Å². The van der Waals surface area contributed by atoms with Gasteiger partial charge in [-0.2, -0.15) is 0 Å². The van der Waals surface area contributed by atoms with Crippen molar-refractivity contribution in [2.45, 2.75) is 25.0 Å². The first-order chi connectivity index (χ1) is 9.13. The van der Waals surface area contributed by atoms with E-state index in [1.807, 2.05) is 18.5 Å². The maximum atomic E-state index is 11.9. The number of amides is 1. The second kappa shape index (κ2) is 5.92. The molecule has 19 heavy (non-hydrogen) atoms. The Labute approximate surface area is 115 Å². The van der Waals surface area contributed by atoms with E-state index < -0.39 is 0 Å². The van der Waals surface area contributed by atoms with Crippen LogP contribution >= 0.6 is 11.8 Å². The number of carbonyl (C=O) groups excluding carboxylic acids is 1. The Kier molecular flexibility index (Phi) is 4.26. The van der Waals surface area contributed by atoms with Gasteiger partial charge in [0.25, 0.3) is 5.91 Å².